The summed E-state index contributed by atoms with van der Waals surface area (Å²) in [4.78, 5) is 11.8. The molecule has 4 N–H and O–H groups in total. The van der Waals surface area contributed by atoms with Gasteiger partial charge in [-0.05, 0) is 12.1 Å². The summed E-state index contributed by atoms with van der Waals surface area (Å²) < 4.78 is 5.66. The van der Waals surface area contributed by atoms with Crippen molar-refractivity contribution in [3.8, 4) is 5.75 Å². The van der Waals surface area contributed by atoms with Crippen LogP contribution >= 0.6 is 11.8 Å². The summed E-state index contributed by atoms with van der Waals surface area (Å²) in [5, 5.41) is 4.22. The van der Waals surface area contributed by atoms with Crippen LogP contribution in [0.1, 0.15) is 10.4 Å². The smallest absolute Gasteiger partial charge is 0.275 e. The van der Waals surface area contributed by atoms with Gasteiger partial charge in [-0.15, -0.1) is 16.9 Å². The van der Waals surface area contributed by atoms with E-state index >= 15 is 0 Å². The first-order chi connectivity index (χ1) is 9.33. The van der Waals surface area contributed by atoms with Gasteiger partial charge in [0.25, 0.3) is 5.91 Å². The van der Waals surface area contributed by atoms with E-state index in [0.717, 1.165) is 6.54 Å². The van der Waals surface area contributed by atoms with Gasteiger partial charge in [0.1, 0.15) is 5.75 Å². The number of hydrogen-bond donors (Lipinski definition) is 4. The Morgan fingerprint density at radius 1 is 1.42 bits per heavy atom. The SMILES string of the molecule is O=C1NN=C(CSC2CNNN2)Oc2ccccc21. The van der Waals surface area contributed by atoms with Gasteiger partial charge in [-0.2, -0.15) is 5.53 Å². The molecule has 2 heterocycles. The highest BCUT2D eigenvalue weighted by Gasteiger charge is 2.20. The Morgan fingerprint density at radius 2 is 2.32 bits per heavy atom. The number of carbonyl (C=O) groups excluding carboxylic acids is 1. The minimum absolute atomic E-state index is 0.237. The van der Waals surface area contributed by atoms with E-state index in [9.17, 15) is 4.79 Å². The number of rotatable bonds is 3. The van der Waals surface area contributed by atoms with Gasteiger partial charge in [-0.3, -0.25) is 4.79 Å². The number of nitrogens with zero attached hydrogens (tertiary/aromatic N) is 1. The second-order valence-electron chi connectivity index (χ2n) is 3.99. The molecule has 2 aliphatic heterocycles. The van der Waals surface area contributed by atoms with Gasteiger partial charge < -0.3 is 4.74 Å². The van der Waals surface area contributed by atoms with Crippen molar-refractivity contribution < 1.29 is 9.53 Å². The number of amides is 1. The molecule has 0 saturated carbocycles. The van der Waals surface area contributed by atoms with E-state index in [1.54, 1.807) is 30.0 Å². The largest absolute Gasteiger partial charge is 0.440 e. The lowest BCUT2D eigenvalue weighted by Gasteiger charge is -2.10. The molecule has 0 radical (unpaired) electrons. The minimum Gasteiger partial charge on any atom is -0.440 e. The van der Waals surface area contributed by atoms with Crippen molar-refractivity contribution in [1.82, 2.24) is 21.8 Å². The highest BCUT2D eigenvalue weighted by atomic mass is 32.2. The van der Waals surface area contributed by atoms with Gasteiger partial charge in [0.2, 0.25) is 5.90 Å². The van der Waals surface area contributed by atoms with Crippen molar-refractivity contribution in [2.45, 2.75) is 5.37 Å². The Hall–Kier alpha value is -1.61. The fraction of sp³-hybridized carbons (Fsp3) is 0.273. The number of hydrazone groups is 1. The van der Waals surface area contributed by atoms with E-state index < -0.39 is 0 Å². The zero-order valence-corrected chi connectivity index (χ0v) is 10.8. The summed E-state index contributed by atoms with van der Waals surface area (Å²) in [5.74, 6) is 1.33. The predicted molar refractivity (Wildman–Crippen MR) is 72.5 cm³/mol. The maximum Gasteiger partial charge on any atom is 0.275 e. The molecule has 1 aromatic carbocycles. The predicted octanol–water partition coefficient (Wildman–Crippen LogP) is -0.206. The monoisotopic (exact) mass is 279 g/mol. The molecule has 19 heavy (non-hydrogen) atoms. The van der Waals surface area contributed by atoms with E-state index in [1.165, 1.54) is 0 Å². The van der Waals surface area contributed by atoms with Crippen LogP contribution < -0.4 is 26.5 Å². The first-order valence-electron chi connectivity index (χ1n) is 5.82. The quantitative estimate of drug-likeness (QED) is 0.613. The Balaban J connectivity index is 1.68. The van der Waals surface area contributed by atoms with E-state index in [4.69, 9.17) is 4.74 Å². The standard InChI is InChI=1S/C11H13N5O2S/c17-11-7-3-1-2-4-8(7)18-9(13-15-11)6-19-10-5-12-16-14-10/h1-4,10,12,14,16H,5-6H2,(H,15,17). The molecular weight excluding hydrogens is 266 g/mol. The summed E-state index contributed by atoms with van der Waals surface area (Å²) in [5.41, 5.74) is 11.8. The lowest BCUT2D eigenvalue weighted by atomic mass is 10.2. The third-order valence-electron chi connectivity index (χ3n) is 2.66. The zero-order valence-electron chi connectivity index (χ0n) is 9.97. The summed E-state index contributed by atoms with van der Waals surface area (Å²) in [6.45, 7) is 0.806. The van der Waals surface area contributed by atoms with Crippen LogP contribution in [0.5, 0.6) is 5.75 Å². The molecule has 1 amide bonds. The van der Waals surface area contributed by atoms with Crippen LogP contribution in [0.15, 0.2) is 29.4 Å². The molecule has 7 nitrogen and oxygen atoms in total. The van der Waals surface area contributed by atoms with Crippen molar-refractivity contribution in [1.29, 1.82) is 0 Å². The molecular formula is C11H13N5O2S. The third-order valence-corrected chi connectivity index (χ3v) is 3.76. The summed E-state index contributed by atoms with van der Waals surface area (Å²) in [6.07, 6.45) is 0. The van der Waals surface area contributed by atoms with Gasteiger partial charge in [0.15, 0.2) is 0 Å². The molecule has 3 rings (SSSR count). The first-order valence-corrected chi connectivity index (χ1v) is 6.86. The molecule has 0 aromatic heterocycles. The molecule has 1 aromatic rings. The van der Waals surface area contributed by atoms with Crippen molar-refractivity contribution in [2.24, 2.45) is 5.10 Å². The Bertz CT molecular complexity index is 516. The molecule has 1 saturated heterocycles. The number of hydrazine groups is 2. The normalized spacial score (nSPS) is 22.0. The Labute approximate surface area is 114 Å². The van der Waals surface area contributed by atoms with Crippen molar-refractivity contribution >= 4 is 23.6 Å². The van der Waals surface area contributed by atoms with E-state index in [0.29, 0.717) is 23.0 Å². The molecule has 0 aliphatic carbocycles. The summed E-state index contributed by atoms with van der Waals surface area (Å²) in [7, 11) is 0. The number of thioether (sulfide) groups is 1. The van der Waals surface area contributed by atoms with Crippen LogP contribution in [0.4, 0.5) is 0 Å². The van der Waals surface area contributed by atoms with Crippen LogP contribution in [0, 0.1) is 0 Å². The molecule has 1 fully saturated rings. The molecule has 1 unspecified atom stereocenters. The van der Waals surface area contributed by atoms with E-state index in [2.05, 4.69) is 26.9 Å². The lowest BCUT2D eigenvalue weighted by Crippen LogP contribution is -2.32. The number of benzene rings is 1. The molecule has 100 valence electrons. The molecule has 2 aliphatic rings. The number of nitrogens with one attached hydrogen (secondary N) is 4. The number of hydrogen-bond acceptors (Lipinski definition) is 7. The Kier molecular flexibility index (Phi) is 3.65. The number of ether oxygens (including phenoxy) is 1. The molecule has 0 spiro atoms. The topological polar surface area (TPSA) is 86.8 Å². The fourth-order valence-electron chi connectivity index (χ4n) is 1.73. The first kappa shape index (κ1) is 12.4. The maximum atomic E-state index is 11.8. The lowest BCUT2D eigenvalue weighted by molar-refractivity contribution is 0.0955. The maximum absolute atomic E-state index is 11.8. The van der Waals surface area contributed by atoms with Gasteiger partial charge in [-0.25, -0.2) is 16.3 Å². The van der Waals surface area contributed by atoms with Crippen molar-refractivity contribution in [3.63, 3.8) is 0 Å². The molecule has 8 heteroatoms. The fourth-order valence-corrected chi connectivity index (χ4v) is 2.54. The summed E-state index contributed by atoms with van der Waals surface area (Å²) >= 11 is 1.63. The highest BCUT2D eigenvalue weighted by Crippen LogP contribution is 2.21. The second-order valence-corrected chi connectivity index (χ2v) is 5.19. The van der Waals surface area contributed by atoms with Gasteiger partial charge >= 0.3 is 0 Å². The zero-order chi connectivity index (χ0) is 13.1. The number of carbonyl (C=O) groups is 1. The van der Waals surface area contributed by atoms with Crippen LogP contribution in [0.2, 0.25) is 0 Å². The van der Waals surface area contributed by atoms with Crippen molar-refractivity contribution in [3.05, 3.63) is 29.8 Å². The second kappa shape index (κ2) is 5.57. The average molecular weight is 279 g/mol. The van der Waals surface area contributed by atoms with Crippen LogP contribution in [-0.4, -0.2) is 29.5 Å². The van der Waals surface area contributed by atoms with Gasteiger partial charge in [-0.1, -0.05) is 12.1 Å². The highest BCUT2D eigenvalue weighted by molar-refractivity contribution is 8.00. The average Bonchev–Trinajstić information content (AvgIpc) is 2.89. The molecule has 0 bridgehead atoms. The van der Waals surface area contributed by atoms with Crippen molar-refractivity contribution in [2.75, 3.05) is 12.3 Å². The van der Waals surface area contributed by atoms with Gasteiger partial charge in [0.05, 0.1) is 16.7 Å². The molecule has 1 atom stereocenters. The Morgan fingerprint density at radius 3 is 3.16 bits per heavy atom. The minimum atomic E-state index is -0.252. The van der Waals surface area contributed by atoms with Crippen LogP contribution in [0.25, 0.3) is 0 Å². The van der Waals surface area contributed by atoms with E-state index in [-0.39, 0.29) is 11.3 Å². The van der Waals surface area contributed by atoms with Crippen LogP contribution in [0.3, 0.4) is 0 Å². The number of para-hydroxylation sites is 1. The number of fused-ring (bicyclic) bond motifs is 1. The van der Waals surface area contributed by atoms with E-state index in [1.807, 2.05) is 6.07 Å². The van der Waals surface area contributed by atoms with Gasteiger partial charge in [0, 0.05) is 6.54 Å². The van der Waals surface area contributed by atoms with Crippen LogP contribution in [-0.2, 0) is 0 Å². The third kappa shape index (κ3) is 2.87. The summed E-state index contributed by atoms with van der Waals surface area (Å²) in [6, 6.07) is 7.09.